The largest absolute Gasteiger partial charge is 0.456 e. The van der Waals surface area contributed by atoms with E-state index in [4.69, 9.17) is 22.1 Å². The highest BCUT2D eigenvalue weighted by molar-refractivity contribution is 6.26. The van der Waals surface area contributed by atoms with E-state index in [9.17, 15) is 0 Å². The normalized spacial score (nSPS) is 12.7. The molecule has 0 bridgehead atoms. The fraction of sp³-hybridized carbons (Fsp3) is 0. The molecule has 0 radical (unpaired) electrons. The summed E-state index contributed by atoms with van der Waals surface area (Å²) in [5.74, 6) is 0. The fourth-order valence-electron chi connectivity index (χ4n) is 12.5. The van der Waals surface area contributed by atoms with Crippen LogP contribution in [0.5, 0.6) is 0 Å². The lowest BCUT2D eigenvalue weighted by atomic mass is 10.00. The molecule has 18 rings (SSSR count). The van der Waals surface area contributed by atoms with E-state index < -0.39 is 0 Å². The van der Waals surface area contributed by atoms with Crippen molar-refractivity contribution in [2.45, 2.75) is 0 Å². The Morgan fingerprint density at radius 1 is 0.219 bits per heavy atom. The van der Waals surface area contributed by atoms with E-state index >= 15 is 0 Å². The molecule has 0 aliphatic carbocycles. The molecule has 0 atom stereocenters. The van der Waals surface area contributed by atoms with Crippen LogP contribution in [-0.4, -0.2) is 9.13 Å². The van der Waals surface area contributed by atoms with Crippen molar-refractivity contribution >= 4 is 153 Å². The van der Waals surface area contributed by atoms with Gasteiger partial charge >= 0.3 is 0 Å². The van der Waals surface area contributed by atoms with Crippen molar-refractivity contribution in [3.05, 3.63) is 206 Å². The Bertz CT molecular complexity index is 5470. The fourth-order valence-corrected chi connectivity index (χ4v) is 12.5. The molecule has 7 heterocycles. The number of para-hydroxylation sites is 4. The third kappa shape index (κ3) is 4.92. The molecular formula is C66H34N2O5. The molecule has 0 saturated carbocycles. The van der Waals surface area contributed by atoms with Crippen LogP contribution in [0.15, 0.2) is 228 Å². The number of hydrogen-bond donors (Lipinski definition) is 0. The van der Waals surface area contributed by atoms with E-state index in [0.29, 0.717) is 0 Å². The Kier molecular flexibility index (Phi) is 6.98. The Balaban J connectivity index is 0.776. The predicted molar refractivity (Wildman–Crippen MR) is 297 cm³/mol. The monoisotopic (exact) mass is 934 g/mol. The minimum atomic E-state index is 0.783. The Morgan fingerprint density at radius 2 is 0.603 bits per heavy atom. The minimum absolute atomic E-state index is 0.783. The van der Waals surface area contributed by atoms with Crippen molar-refractivity contribution in [1.82, 2.24) is 9.13 Å². The van der Waals surface area contributed by atoms with Crippen molar-refractivity contribution in [3.63, 3.8) is 0 Å². The van der Waals surface area contributed by atoms with E-state index in [1.54, 1.807) is 0 Å². The number of rotatable bonds is 3. The van der Waals surface area contributed by atoms with Crippen LogP contribution in [0.4, 0.5) is 0 Å². The van der Waals surface area contributed by atoms with Gasteiger partial charge in [0.2, 0.25) is 0 Å². The first-order valence-corrected chi connectivity index (χ1v) is 24.6. The summed E-state index contributed by atoms with van der Waals surface area (Å²) in [4.78, 5) is 0. The quantitative estimate of drug-likeness (QED) is 0.176. The van der Waals surface area contributed by atoms with Crippen LogP contribution < -0.4 is 0 Å². The minimum Gasteiger partial charge on any atom is -0.456 e. The molecule has 0 fully saturated rings. The first kappa shape index (κ1) is 37.9. The smallest absolute Gasteiger partial charge is 0.147 e. The molecule has 18 aromatic rings. The van der Waals surface area contributed by atoms with E-state index in [1.165, 1.54) is 0 Å². The van der Waals surface area contributed by atoms with Crippen LogP contribution in [0, 0.1) is 0 Å². The van der Waals surface area contributed by atoms with Gasteiger partial charge in [-0.25, -0.2) is 0 Å². The second kappa shape index (κ2) is 13.5. The zero-order valence-electron chi connectivity index (χ0n) is 38.6. The number of hydrogen-bond acceptors (Lipinski definition) is 5. The molecule has 0 amide bonds. The average molecular weight is 935 g/mol. The topological polar surface area (TPSA) is 75.6 Å². The van der Waals surface area contributed by atoms with Gasteiger partial charge in [-0.15, -0.1) is 0 Å². The summed E-state index contributed by atoms with van der Waals surface area (Å²) in [7, 11) is 0. The van der Waals surface area contributed by atoms with Gasteiger partial charge in [0, 0.05) is 70.6 Å². The molecule has 0 aliphatic heterocycles. The Morgan fingerprint density at radius 3 is 1.19 bits per heavy atom. The third-order valence-corrected chi connectivity index (χ3v) is 15.7. The highest BCUT2D eigenvalue weighted by Crippen LogP contribution is 2.46. The third-order valence-electron chi connectivity index (χ3n) is 15.7. The maximum atomic E-state index is 6.83. The maximum Gasteiger partial charge on any atom is 0.147 e. The molecule has 0 N–H and O–H groups in total. The van der Waals surface area contributed by atoms with Crippen molar-refractivity contribution in [2.24, 2.45) is 0 Å². The zero-order chi connectivity index (χ0) is 47.2. The van der Waals surface area contributed by atoms with Gasteiger partial charge in [0.05, 0.1) is 38.2 Å². The van der Waals surface area contributed by atoms with Crippen molar-refractivity contribution in [2.75, 3.05) is 0 Å². The van der Waals surface area contributed by atoms with Crippen LogP contribution in [0.2, 0.25) is 0 Å². The first-order valence-electron chi connectivity index (χ1n) is 24.6. The number of fused-ring (bicyclic) bond motifs is 24. The molecule has 0 spiro atoms. The van der Waals surface area contributed by atoms with Crippen LogP contribution in [-0.2, 0) is 0 Å². The standard InChI is InChI=1S/C66H34N2O5/c1-5-13-50-44(11-1)61-52(24-21-41-39-9-3-7-15-54(39)71-64(41)61)67(50)37-19-28-57-48(33-37)47-32-36(17-26-56(47)69-57)35-18-27-58-46(31-35)43-23-30-60-63(66(43)73-58)49-34-38(20-29-59(49)70-60)68-51-14-6-2-12-45(51)62-53(68)25-22-42-40-10-4-8-16-55(40)72-65(42)62/h1-34H. The van der Waals surface area contributed by atoms with Crippen LogP contribution in [0.25, 0.3) is 176 Å². The molecule has 11 aromatic carbocycles. The summed E-state index contributed by atoms with van der Waals surface area (Å²) in [5.41, 5.74) is 17.1. The van der Waals surface area contributed by atoms with Gasteiger partial charge in [-0.2, -0.15) is 0 Å². The zero-order valence-corrected chi connectivity index (χ0v) is 38.6. The molecule has 338 valence electrons. The highest BCUT2D eigenvalue weighted by atomic mass is 16.4. The Hall–Kier alpha value is -9.98. The maximum absolute atomic E-state index is 6.83. The molecule has 7 heteroatoms. The summed E-state index contributed by atoms with van der Waals surface area (Å²) in [6.07, 6.45) is 0. The Labute approximate surface area is 411 Å². The lowest BCUT2D eigenvalue weighted by Gasteiger charge is -2.08. The van der Waals surface area contributed by atoms with E-state index in [2.05, 4.69) is 191 Å². The first-order chi connectivity index (χ1) is 36.2. The van der Waals surface area contributed by atoms with E-state index in [0.717, 1.165) is 176 Å². The molecule has 0 saturated heterocycles. The summed E-state index contributed by atoms with van der Waals surface area (Å²) in [5, 5.41) is 15.1. The highest BCUT2D eigenvalue weighted by Gasteiger charge is 2.23. The van der Waals surface area contributed by atoms with Gasteiger partial charge in [0.1, 0.15) is 55.8 Å². The summed E-state index contributed by atoms with van der Waals surface area (Å²) in [6, 6.07) is 72.8. The van der Waals surface area contributed by atoms with Gasteiger partial charge in [0.25, 0.3) is 0 Å². The van der Waals surface area contributed by atoms with E-state index in [1.807, 2.05) is 24.3 Å². The van der Waals surface area contributed by atoms with Crippen LogP contribution in [0.1, 0.15) is 0 Å². The van der Waals surface area contributed by atoms with Gasteiger partial charge in [-0.1, -0.05) is 84.9 Å². The lowest BCUT2D eigenvalue weighted by molar-refractivity contribution is 0.662. The van der Waals surface area contributed by atoms with Gasteiger partial charge in [-0.05, 0) is 132 Å². The number of nitrogens with zero attached hydrogens (tertiary/aromatic N) is 2. The van der Waals surface area contributed by atoms with Gasteiger partial charge in [0.15, 0.2) is 0 Å². The second-order valence-electron chi connectivity index (χ2n) is 19.5. The number of benzene rings is 11. The molecular weight excluding hydrogens is 901 g/mol. The molecule has 0 aliphatic rings. The molecule has 0 unspecified atom stereocenters. The number of aromatic nitrogens is 2. The summed E-state index contributed by atoms with van der Waals surface area (Å²) in [6.45, 7) is 0. The molecule has 7 aromatic heterocycles. The van der Waals surface area contributed by atoms with Gasteiger partial charge in [-0.3, -0.25) is 0 Å². The predicted octanol–water partition coefficient (Wildman–Crippen LogP) is 19.0. The van der Waals surface area contributed by atoms with Crippen molar-refractivity contribution < 1.29 is 22.1 Å². The van der Waals surface area contributed by atoms with Crippen molar-refractivity contribution in [3.8, 4) is 22.5 Å². The lowest BCUT2D eigenvalue weighted by Crippen LogP contribution is -1.93. The SMILES string of the molecule is c1ccc2c(c1)oc1c2ccc2c1c1ccccc1n2-c1ccc2oc3ccc(-c4ccc5oc6c(ccc7oc8ccc(-n9c%10ccccc%10c%10c%11oc%12ccccc%12c%11ccc%109)cc8c76)c5c4)cc3c2c1. The molecule has 73 heavy (non-hydrogen) atoms. The summed E-state index contributed by atoms with van der Waals surface area (Å²) >= 11 is 0. The van der Waals surface area contributed by atoms with Crippen molar-refractivity contribution in [1.29, 1.82) is 0 Å². The molecule has 7 nitrogen and oxygen atoms in total. The van der Waals surface area contributed by atoms with E-state index in [-0.39, 0.29) is 0 Å². The van der Waals surface area contributed by atoms with Crippen LogP contribution in [0.3, 0.4) is 0 Å². The van der Waals surface area contributed by atoms with Crippen LogP contribution >= 0.6 is 0 Å². The summed E-state index contributed by atoms with van der Waals surface area (Å²) < 4.78 is 37.8. The van der Waals surface area contributed by atoms with Gasteiger partial charge < -0.3 is 31.2 Å². The second-order valence-corrected chi connectivity index (χ2v) is 19.5. The number of furan rings is 5. The average Bonchev–Trinajstić information content (AvgIpc) is 4.32.